The first-order valence-electron chi connectivity index (χ1n) is 9.73. The van der Waals surface area contributed by atoms with Gasteiger partial charge in [-0.15, -0.1) is 0 Å². The molecule has 31 heavy (non-hydrogen) atoms. The van der Waals surface area contributed by atoms with Gasteiger partial charge in [0.1, 0.15) is 5.52 Å². The highest BCUT2D eigenvalue weighted by molar-refractivity contribution is 7.52. The molecule has 11 heteroatoms. The SMILES string of the molecule is Nc1nc(NCc2ccccc2)nc2c1[nH]c(=O)n2CC1C=CC=C(CP(=O)(O)O)C1. The summed E-state index contributed by atoms with van der Waals surface area (Å²) in [4.78, 5) is 42.5. The Morgan fingerprint density at radius 3 is 2.77 bits per heavy atom. The van der Waals surface area contributed by atoms with E-state index in [0.717, 1.165) is 5.56 Å². The summed E-state index contributed by atoms with van der Waals surface area (Å²) in [5.41, 5.74) is 8.12. The number of H-pyrrole nitrogens is 1. The topological polar surface area (TPSA) is 159 Å². The average molecular weight is 442 g/mol. The van der Waals surface area contributed by atoms with E-state index in [4.69, 9.17) is 5.73 Å². The Bertz CT molecular complexity index is 1260. The van der Waals surface area contributed by atoms with E-state index in [1.807, 2.05) is 36.4 Å². The summed E-state index contributed by atoms with van der Waals surface area (Å²) in [5.74, 6) is 0.362. The lowest BCUT2D eigenvalue weighted by Gasteiger charge is -2.19. The zero-order chi connectivity index (χ0) is 22.0. The molecule has 162 valence electrons. The van der Waals surface area contributed by atoms with Crippen molar-refractivity contribution < 1.29 is 14.4 Å². The third kappa shape index (κ3) is 5.11. The van der Waals surface area contributed by atoms with Crippen molar-refractivity contribution in [1.82, 2.24) is 19.5 Å². The standard InChI is InChI=1S/C20H23N6O4P/c21-17-16-18(25-19(24-17)22-10-13-5-2-1-3-6-13)26(20(27)23-16)11-14-7-4-8-15(9-14)12-31(28,29)30/h1-8,14H,9-12H2,(H,23,27)(H2,28,29,30)(H3,21,22,24,25). The Kier molecular flexibility index (Phi) is 5.77. The minimum atomic E-state index is -4.15. The normalized spacial score (nSPS) is 16.5. The van der Waals surface area contributed by atoms with Crippen molar-refractivity contribution in [2.75, 3.05) is 17.2 Å². The number of nitrogen functional groups attached to an aromatic ring is 1. The van der Waals surface area contributed by atoms with Crippen LogP contribution in [0, 0.1) is 5.92 Å². The van der Waals surface area contributed by atoms with Gasteiger partial charge >= 0.3 is 13.3 Å². The molecule has 2 heterocycles. The number of aromatic amines is 1. The minimum absolute atomic E-state index is 0.111. The highest BCUT2D eigenvalue weighted by Gasteiger charge is 2.22. The fourth-order valence-corrected chi connectivity index (χ4v) is 4.40. The number of rotatable bonds is 7. The van der Waals surface area contributed by atoms with Crippen LogP contribution in [0.2, 0.25) is 0 Å². The number of allylic oxidation sites excluding steroid dienone is 4. The van der Waals surface area contributed by atoms with Crippen LogP contribution in [0.25, 0.3) is 11.2 Å². The molecular formula is C20H23N6O4P. The van der Waals surface area contributed by atoms with E-state index >= 15 is 0 Å². The molecule has 1 aliphatic carbocycles. The quantitative estimate of drug-likeness (QED) is 0.347. The van der Waals surface area contributed by atoms with Crippen LogP contribution in [-0.2, 0) is 17.7 Å². The van der Waals surface area contributed by atoms with Gasteiger partial charge in [0.2, 0.25) is 5.95 Å². The number of nitrogens with zero attached hydrogens (tertiary/aromatic N) is 3. The maximum atomic E-state index is 12.6. The van der Waals surface area contributed by atoms with Crippen molar-refractivity contribution in [1.29, 1.82) is 0 Å². The molecule has 1 aliphatic rings. The summed E-state index contributed by atoms with van der Waals surface area (Å²) in [6.07, 6.45) is 5.53. The van der Waals surface area contributed by atoms with Crippen molar-refractivity contribution >= 4 is 30.5 Å². The van der Waals surface area contributed by atoms with Crippen LogP contribution in [0.15, 0.2) is 58.9 Å². The van der Waals surface area contributed by atoms with Crippen LogP contribution in [0.5, 0.6) is 0 Å². The van der Waals surface area contributed by atoms with Crippen molar-refractivity contribution in [3.63, 3.8) is 0 Å². The predicted molar refractivity (Wildman–Crippen MR) is 119 cm³/mol. The monoisotopic (exact) mass is 442 g/mol. The zero-order valence-corrected chi connectivity index (χ0v) is 17.5. The minimum Gasteiger partial charge on any atom is -0.382 e. The Morgan fingerprint density at radius 1 is 1.26 bits per heavy atom. The van der Waals surface area contributed by atoms with Crippen LogP contribution in [0.1, 0.15) is 12.0 Å². The van der Waals surface area contributed by atoms with E-state index in [2.05, 4.69) is 20.3 Å². The van der Waals surface area contributed by atoms with Gasteiger partial charge in [-0.05, 0) is 17.9 Å². The van der Waals surface area contributed by atoms with Gasteiger partial charge in [0.15, 0.2) is 11.5 Å². The van der Waals surface area contributed by atoms with Gasteiger partial charge in [-0.25, -0.2) is 4.79 Å². The molecule has 0 amide bonds. The molecule has 1 aromatic carbocycles. The van der Waals surface area contributed by atoms with Crippen LogP contribution < -0.4 is 16.7 Å². The van der Waals surface area contributed by atoms with Crippen molar-refractivity contribution in [3.05, 3.63) is 70.2 Å². The van der Waals surface area contributed by atoms with Crippen LogP contribution >= 0.6 is 7.60 Å². The summed E-state index contributed by atoms with van der Waals surface area (Å²) in [7, 11) is -4.15. The van der Waals surface area contributed by atoms with Crippen molar-refractivity contribution in [2.45, 2.75) is 19.5 Å². The lowest BCUT2D eigenvalue weighted by Crippen LogP contribution is -2.22. The first kappa shape index (κ1) is 21.0. The van der Waals surface area contributed by atoms with Gasteiger partial charge in [-0.1, -0.05) is 54.1 Å². The van der Waals surface area contributed by atoms with Crippen molar-refractivity contribution in [3.8, 4) is 0 Å². The van der Waals surface area contributed by atoms with E-state index in [-0.39, 0.29) is 23.6 Å². The molecule has 1 atom stereocenters. The van der Waals surface area contributed by atoms with Crippen LogP contribution in [-0.4, -0.2) is 35.5 Å². The molecule has 1 unspecified atom stereocenters. The van der Waals surface area contributed by atoms with Gasteiger partial charge in [-0.2, -0.15) is 9.97 Å². The third-order valence-electron chi connectivity index (χ3n) is 5.01. The predicted octanol–water partition coefficient (Wildman–Crippen LogP) is 1.99. The molecule has 0 fully saturated rings. The lowest BCUT2D eigenvalue weighted by atomic mass is 9.95. The smallest absolute Gasteiger partial charge is 0.329 e. The number of hydrogen-bond acceptors (Lipinski definition) is 6. The highest BCUT2D eigenvalue weighted by Crippen LogP contribution is 2.39. The zero-order valence-electron chi connectivity index (χ0n) is 16.6. The average Bonchev–Trinajstić information content (AvgIpc) is 3.02. The number of nitrogens with two attached hydrogens (primary N) is 1. The molecule has 2 aromatic heterocycles. The van der Waals surface area contributed by atoms with Gasteiger partial charge in [0.05, 0.1) is 6.16 Å². The van der Waals surface area contributed by atoms with E-state index in [1.165, 1.54) is 4.57 Å². The molecule has 0 spiro atoms. The summed E-state index contributed by atoms with van der Waals surface area (Å²) in [5, 5.41) is 3.13. The van der Waals surface area contributed by atoms with Gasteiger partial charge in [0.25, 0.3) is 0 Å². The number of fused-ring (bicyclic) bond motifs is 1. The Balaban J connectivity index is 1.56. The van der Waals surface area contributed by atoms with E-state index in [1.54, 1.807) is 12.2 Å². The maximum absolute atomic E-state index is 12.6. The van der Waals surface area contributed by atoms with Gasteiger partial charge in [0, 0.05) is 13.1 Å². The lowest BCUT2D eigenvalue weighted by molar-refractivity contribution is 0.374. The molecule has 0 saturated heterocycles. The van der Waals surface area contributed by atoms with E-state index < -0.39 is 7.60 Å². The number of hydrogen-bond donors (Lipinski definition) is 5. The molecule has 0 saturated carbocycles. The molecule has 10 nitrogen and oxygen atoms in total. The highest BCUT2D eigenvalue weighted by atomic mass is 31.2. The fraction of sp³-hybridized carbons (Fsp3) is 0.250. The van der Waals surface area contributed by atoms with Crippen LogP contribution in [0.3, 0.4) is 0 Å². The Labute approximate surface area is 177 Å². The largest absolute Gasteiger partial charge is 0.382 e. The first-order chi connectivity index (χ1) is 14.8. The number of nitrogens with one attached hydrogen (secondary N) is 2. The fourth-order valence-electron chi connectivity index (χ4n) is 3.64. The Hall–Kier alpha value is -3.20. The van der Waals surface area contributed by atoms with Crippen molar-refractivity contribution in [2.24, 2.45) is 5.92 Å². The summed E-state index contributed by atoms with van der Waals surface area (Å²) < 4.78 is 12.8. The number of benzene rings is 1. The van der Waals surface area contributed by atoms with Crippen LogP contribution in [0.4, 0.5) is 11.8 Å². The molecule has 4 rings (SSSR count). The van der Waals surface area contributed by atoms with E-state index in [9.17, 15) is 19.1 Å². The maximum Gasteiger partial charge on any atom is 0.329 e. The van der Waals surface area contributed by atoms with Gasteiger partial charge in [-0.3, -0.25) is 9.13 Å². The molecule has 0 aliphatic heterocycles. The summed E-state index contributed by atoms with van der Waals surface area (Å²) in [6.45, 7) is 0.796. The first-order valence-corrected chi connectivity index (χ1v) is 11.5. The van der Waals surface area contributed by atoms with E-state index in [0.29, 0.717) is 42.2 Å². The molecule has 0 bridgehead atoms. The summed E-state index contributed by atoms with van der Waals surface area (Å²) in [6, 6.07) is 9.75. The molecule has 3 aromatic rings. The number of aromatic nitrogens is 4. The molecular weight excluding hydrogens is 419 g/mol. The second kappa shape index (κ2) is 8.50. The molecule has 0 radical (unpaired) electrons. The summed E-state index contributed by atoms with van der Waals surface area (Å²) >= 11 is 0. The second-order valence-corrected chi connectivity index (χ2v) is 9.15. The Morgan fingerprint density at radius 2 is 2.03 bits per heavy atom. The number of anilines is 2. The third-order valence-corrected chi connectivity index (χ3v) is 5.83. The second-order valence-electron chi connectivity index (χ2n) is 7.51. The van der Waals surface area contributed by atoms with Gasteiger partial charge < -0.3 is 25.8 Å². The molecule has 6 N–H and O–H groups in total. The number of imidazole rings is 1.